The number of aryl methyl sites for hydroxylation is 1. The Morgan fingerprint density at radius 1 is 1.12 bits per heavy atom. The summed E-state index contributed by atoms with van der Waals surface area (Å²) in [7, 11) is -3.64. The molecule has 26 heavy (non-hydrogen) atoms. The molecule has 2 aromatic rings. The van der Waals surface area contributed by atoms with Crippen molar-refractivity contribution in [1.82, 2.24) is 5.32 Å². The van der Waals surface area contributed by atoms with Gasteiger partial charge in [0.05, 0.1) is 17.0 Å². The molecule has 140 valence electrons. The Kier molecular flexibility index (Phi) is 7.06. The summed E-state index contributed by atoms with van der Waals surface area (Å²) in [4.78, 5) is 12.3. The van der Waals surface area contributed by atoms with Crippen LogP contribution in [0.1, 0.15) is 18.9 Å². The fraction of sp³-hybridized carbons (Fsp3) is 0.316. The fourth-order valence-corrected chi connectivity index (χ4v) is 3.74. The minimum absolute atomic E-state index is 0.0737. The molecule has 0 saturated heterocycles. The number of nitrogens with zero attached hydrogens (tertiary/aromatic N) is 1. The molecule has 0 fully saturated rings. The van der Waals surface area contributed by atoms with Crippen molar-refractivity contribution in [2.24, 2.45) is 0 Å². The Bertz CT molecular complexity index is 841. The molecule has 0 unspecified atom stereocenters. The van der Waals surface area contributed by atoms with Gasteiger partial charge in [-0.25, -0.2) is 8.42 Å². The smallest absolute Gasteiger partial charge is 0.240 e. The van der Waals surface area contributed by atoms with Crippen LogP contribution in [0.2, 0.25) is 5.02 Å². The summed E-state index contributed by atoms with van der Waals surface area (Å²) >= 11 is 6.09. The lowest BCUT2D eigenvalue weighted by Crippen LogP contribution is -2.43. The molecule has 0 heterocycles. The zero-order chi connectivity index (χ0) is 19.2. The van der Waals surface area contributed by atoms with Crippen molar-refractivity contribution in [3.63, 3.8) is 0 Å². The maximum absolute atomic E-state index is 12.3. The number of para-hydroxylation sites is 1. The quantitative estimate of drug-likeness (QED) is 0.747. The predicted molar refractivity (Wildman–Crippen MR) is 106 cm³/mol. The van der Waals surface area contributed by atoms with Crippen LogP contribution in [-0.2, 0) is 21.2 Å². The van der Waals surface area contributed by atoms with Gasteiger partial charge in [-0.1, -0.05) is 54.1 Å². The van der Waals surface area contributed by atoms with E-state index in [0.717, 1.165) is 23.4 Å². The Balaban J connectivity index is 1.98. The Hall–Kier alpha value is -2.05. The number of halogens is 1. The molecule has 0 aliphatic carbocycles. The number of rotatable bonds is 8. The number of anilines is 1. The summed E-state index contributed by atoms with van der Waals surface area (Å²) in [5.74, 6) is -0.365. The highest BCUT2D eigenvalue weighted by molar-refractivity contribution is 7.92. The van der Waals surface area contributed by atoms with Crippen LogP contribution in [0.4, 0.5) is 5.69 Å². The third kappa shape index (κ3) is 6.04. The third-order valence-electron chi connectivity index (χ3n) is 3.92. The molecule has 7 heteroatoms. The predicted octanol–water partition coefficient (Wildman–Crippen LogP) is 3.24. The lowest BCUT2D eigenvalue weighted by Gasteiger charge is -2.24. The van der Waals surface area contributed by atoms with Gasteiger partial charge in [-0.05, 0) is 37.5 Å². The highest BCUT2D eigenvalue weighted by atomic mass is 35.5. The van der Waals surface area contributed by atoms with E-state index in [0.29, 0.717) is 5.69 Å². The van der Waals surface area contributed by atoms with E-state index >= 15 is 0 Å². The molecule has 1 amide bonds. The van der Waals surface area contributed by atoms with Crippen molar-refractivity contribution in [3.8, 4) is 0 Å². The molecule has 0 aromatic heterocycles. The largest absolute Gasteiger partial charge is 0.352 e. The van der Waals surface area contributed by atoms with Gasteiger partial charge in [-0.15, -0.1) is 0 Å². The number of nitrogens with one attached hydrogen (secondary N) is 1. The summed E-state index contributed by atoms with van der Waals surface area (Å²) in [6.45, 7) is 1.60. The van der Waals surface area contributed by atoms with Crippen molar-refractivity contribution in [2.45, 2.75) is 25.8 Å². The summed E-state index contributed by atoms with van der Waals surface area (Å²) in [6, 6.07) is 16.5. The first-order valence-corrected chi connectivity index (χ1v) is 10.6. The number of carbonyl (C=O) groups excluding carboxylic acids is 1. The van der Waals surface area contributed by atoms with Crippen molar-refractivity contribution in [1.29, 1.82) is 0 Å². The molecular weight excluding hydrogens is 372 g/mol. The normalized spacial score (nSPS) is 12.4. The molecule has 2 rings (SSSR count). The highest BCUT2D eigenvalue weighted by Gasteiger charge is 2.23. The van der Waals surface area contributed by atoms with Crippen LogP contribution in [0.3, 0.4) is 0 Å². The van der Waals surface area contributed by atoms with E-state index in [2.05, 4.69) is 5.32 Å². The number of hydrogen-bond donors (Lipinski definition) is 1. The lowest BCUT2D eigenvalue weighted by atomic mass is 10.1. The number of hydrogen-bond acceptors (Lipinski definition) is 3. The first kappa shape index (κ1) is 20.3. The first-order valence-electron chi connectivity index (χ1n) is 8.33. The maximum Gasteiger partial charge on any atom is 0.240 e. The second-order valence-electron chi connectivity index (χ2n) is 6.21. The standard InChI is InChI=1S/C19H23ClN2O3S/c1-15(12-13-16-8-4-3-5-9-16)21-19(23)14-22(26(2,24)25)18-11-7-6-10-17(18)20/h3-11,15H,12-14H2,1-2H3,(H,21,23)/t15-/m1/s1. The van der Waals surface area contributed by atoms with Crippen LogP contribution < -0.4 is 9.62 Å². The number of carbonyl (C=O) groups is 1. The van der Waals surface area contributed by atoms with Gasteiger partial charge < -0.3 is 5.32 Å². The van der Waals surface area contributed by atoms with Gasteiger partial charge in [0, 0.05) is 6.04 Å². The molecule has 0 aliphatic rings. The zero-order valence-electron chi connectivity index (χ0n) is 14.9. The fourth-order valence-electron chi connectivity index (χ4n) is 2.59. The minimum atomic E-state index is -3.64. The summed E-state index contributed by atoms with van der Waals surface area (Å²) in [5, 5.41) is 3.13. The van der Waals surface area contributed by atoms with E-state index in [4.69, 9.17) is 11.6 Å². The van der Waals surface area contributed by atoms with Crippen LogP contribution in [-0.4, -0.2) is 33.2 Å². The Labute approximate surface area is 160 Å². The van der Waals surface area contributed by atoms with Crippen LogP contribution in [0.5, 0.6) is 0 Å². The lowest BCUT2D eigenvalue weighted by molar-refractivity contribution is -0.120. The molecule has 0 bridgehead atoms. The minimum Gasteiger partial charge on any atom is -0.352 e. The van der Waals surface area contributed by atoms with Crippen LogP contribution in [0, 0.1) is 0 Å². The molecular formula is C19H23ClN2O3S. The van der Waals surface area contributed by atoms with Gasteiger partial charge in [0.25, 0.3) is 0 Å². The molecule has 1 N–H and O–H groups in total. The SMILES string of the molecule is C[C@H](CCc1ccccc1)NC(=O)CN(c1ccccc1Cl)S(C)(=O)=O. The highest BCUT2D eigenvalue weighted by Crippen LogP contribution is 2.26. The average Bonchev–Trinajstić information content (AvgIpc) is 2.59. The first-order chi connectivity index (χ1) is 12.3. The van der Waals surface area contributed by atoms with E-state index in [-0.39, 0.29) is 23.5 Å². The third-order valence-corrected chi connectivity index (χ3v) is 5.37. The van der Waals surface area contributed by atoms with Gasteiger partial charge in [-0.3, -0.25) is 9.10 Å². The number of sulfonamides is 1. The van der Waals surface area contributed by atoms with E-state index < -0.39 is 10.0 Å². The second-order valence-corrected chi connectivity index (χ2v) is 8.53. The monoisotopic (exact) mass is 394 g/mol. The average molecular weight is 395 g/mol. The van der Waals surface area contributed by atoms with Gasteiger partial charge in [0.2, 0.25) is 15.9 Å². The van der Waals surface area contributed by atoms with E-state index in [1.165, 1.54) is 5.56 Å². The van der Waals surface area contributed by atoms with E-state index in [1.807, 2.05) is 37.3 Å². The van der Waals surface area contributed by atoms with E-state index in [1.54, 1.807) is 24.3 Å². The molecule has 2 aromatic carbocycles. The molecule has 1 atom stereocenters. The number of amides is 1. The molecule has 0 radical (unpaired) electrons. The Morgan fingerprint density at radius 3 is 2.35 bits per heavy atom. The van der Waals surface area contributed by atoms with Crippen LogP contribution in [0.25, 0.3) is 0 Å². The van der Waals surface area contributed by atoms with Crippen LogP contribution in [0.15, 0.2) is 54.6 Å². The Morgan fingerprint density at radius 2 is 1.73 bits per heavy atom. The summed E-state index contributed by atoms with van der Waals surface area (Å²) in [6.07, 6.45) is 2.66. The van der Waals surface area contributed by atoms with Gasteiger partial charge in [0.1, 0.15) is 6.54 Å². The molecule has 0 aliphatic heterocycles. The van der Waals surface area contributed by atoms with Crippen molar-refractivity contribution >= 4 is 33.2 Å². The topological polar surface area (TPSA) is 66.5 Å². The van der Waals surface area contributed by atoms with Gasteiger partial charge in [-0.2, -0.15) is 0 Å². The van der Waals surface area contributed by atoms with Crippen molar-refractivity contribution in [3.05, 3.63) is 65.2 Å². The summed E-state index contributed by atoms with van der Waals surface area (Å²) in [5.41, 5.74) is 1.49. The van der Waals surface area contributed by atoms with E-state index in [9.17, 15) is 13.2 Å². The number of benzene rings is 2. The zero-order valence-corrected chi connectivity index (χ0v) is 16.4. The van der Waals surface area contributed by atoms with Crippen LogP contribution >= 0.6 is 11.6 Å². The van der Waals surface area contributed by atoms with Gasteiger partial charge >= 0.3 is 0 Å². The molecule has 0 saturated carbocycles. The van der Waals surface area contributed by atoms with Crippen molar-refractivity contribution < 1.29 is 13.2 Å². The molecule has 5 nitrogen and oxygen atoms in total. The van der Waals surface area contributed by atoms with Gasteiger partial charge in [0.15, 0.2) is 0 Å². The van der Waals surface area contributed by atoms with Crippen molar-refractivity contribution in [2.75, 3.05) is 17.1 Å². The summed E-state index contributed by atoms with van der Waals surface area (Å²) < 4.78 is 25.2. The molecule has 0 spiro atoms. The second kappa shape index (κ2) is 9.05. The maximum atomic E-state index is 12.3.